The van der Waals surface area contributed by atoms with Crippen LogP contribution in [0.2, 0.25) is 0 Å². The Bertz CT molecular complexity index is 433. The first-order valence-electron chi connectivity index (χ1n) is 4.34. The van der Waals surface area contributed by atoms with E-state index in [2.05, 4.69) is 4.74 Å². The van der Waals surface area contributed by atoms with Crippen molar-refractivity contribution in [2.24, 2.45) is 0 Å². The number of ether oxygens (including phenoxy) is 1. The number of hydrogen-bond acceptors (Lipinski definition) is 4. The quantitative estimate of drug-likeness (QED) is 0.660. The molecule has 0 heterocycles. The normalized spacial score (nSPS) is 13.2. The second-order valence-corrected chi connectivity index (χ2v) is 3.13. The number of hydrogen-bond donors (Lipinski definition) is 1. The van der Waals surface area contributed by atoms with Crippen molar-refractivity contribution in [1.29, 1.82) is 0 Å². The van der Waals surface area contributed by atoms with Crippen molar-refractivity contribution < 1.29 is 27.9 Å². The number of aliphatic hydroxyl groups is 1. The van der Waals surface area contributed by atoms with Crippen molar-refractivity contribution in [2.45, 2.75) is 12.3 Å². The van der Waals surface area contributed by atoms with Gasteiger partial charge in [0.05, 0.1) is 23.7 Å². The van der Waals surface area contributed by atoms with Crippen LogP contribution >= 0.6 is 0 Å². The smallest absolute Gasteiger partial charge is 0.418 e. The molecule has 0 amide bonds. The fourth-order valence-electron chi connectivity index (χ4n) is 1.22. The highest BCUT2D eigenvalue weighted by Crippen LogP contribution is 2.38. The lowest BCUT2D eigenvalue weighted by atomic mass is 10.1. The van der Waals surface area contributed by atoms with Gasteiger partial charge in [-0.1, -0.05) is 0 Å². The molecule has 0 radical (unpaired) electrons. The first kappa shape index (κ1) is 13.2. The molecule has 5 nitrogen and oxygen atoms in total. The largest absolute Gasteiger partial charge is 0.497 e. The summed E-state index contributed by atoms with van der Waals surface area (Å²) in [5.41, 5.74) is -1.66. The Morgan fingerprint density at radius 2 is 2.06 bits per heavy atom. The van der Waals surface area contributed by atoms with Crippen molar-refractivity contribution in [2.75, 3.05) is 7.11 Å². The highest BCUT2D eigenvalue weighted by molar-refractivity contribution is 5.47. The van der Waals surface area contributed by atoms with E-state index in [0.717, 1.165) is 18.2 Å². The predicted molar refractivity (Wildman–Crippen MR) is 50.7 cm³/mol. The maximum absolute atomic E-state index is 12.3. The second kappa shape index (κ2) is 4.58. The lowest BCUT2D eigenvalue weighted by molar-refractivity contribution is -0.387. The zero-order valence-corrected chi connectivity index (χ0v) is 8.56. The van der Waals surface area contributed by atoms with Crippen molar-refractivity contribution in [3.63, 3.8) is 0 Å². The fraction of sp³-hybridized carbons (Fsp3) is 0.333. The molecule has 0 aliphatic rings. The summed E-state index contributed by atoms with van der Waals surface area (Å²) in [5.74, 6) is 0.0369. The van der Waals surface area contributed by atoms with Gasteiger partial charge in [0, 0.05) is 0 Å². The van der Waals surface area contributed by atoms with Crippen LogP contribution in [0, 0.1) is 10.1 Å². The molecule has 1 aromatic rings. The Hall–Kier alpha value is -1.83. The number of benzene rings is 1. The maximum Gasteiger partial charge on any atom is 0.418 e. The third kappa shape index (κ3) is 2.84. The van der Waals surface area contributed by atoms with E-state index < -0.39 is 28.5 Å². The number of nitro benzene ring substituents is 1. The van der Waals surface area contributed by atoms with Gasteiger partial charge in [-0.05, 0) is 12.1 Å². The maximum atomic E-state index is 12.3. The third-order valence-corrected chi connectivity index (χ3v) is 2.04. The first-order chi connectivity index (χ1) is 7.77. The molecule has 8 heteroatoms. The van der Waals surface area contributed by atoms with Crippen molar-refractivity contribution >= 4 is 5.69 Å². The minimum Gasteiger partial charge on any atom is -0.497 e. The van der Waals surface area contributed by atoms with Crippen LogP contribution < -0.4 is 4.74 Å². The average molecular weight is 251 g/mol. The summed E-state index contributed by atoms with van der Waals surface area (Å²) < 4.78 is 41.4. The van der Waals surface area contributed by atoms with Crippen LogP contribution in [0.5, 0.6) is 5.75 Å². The van der Waals surface area contributed by atoms with Crippen LogP contribution in [0.1, 0.15) is 11.7 Å². The Labute approximate surface area is 93.6 Å². The Morgan fingerprint density at radius 1 is 1.47 bits per heavy atom. The second-order valence-electron chi connectivity index (χ2n) is 3.13. The van der Waals surface area contributed by atoms with Gasteiger partial charge in [-0.3, -0.25) is 10.1 Å². The molecule has 0 saturated heterocycles. The van der Waals surface area contributed by atoms with E-state index in [1.54, 1.807) is 0 Å². The van der Waals surface area contributed by atoms with Gasteiger partial charge in [-0.2, -0.15) is 13.2 Å². The lowest BCUT2D eigenvalue weighted by Gasteiger charge is -2.15. The number of nitrogens with zero attached hydrogens (tertiary/aromatic N) is 1. The zero-order valence-electron chi connectivity index (χ0n) is 8.56. The molecule has 0 aliphatic heterocycles. The number of alkyl halides is 3. The summed E-state index contributed by atoms with van der Waals surface area (Å²) in [6, 6.07) is 2.75. The van der Waals surface area contributed by atoms with Gasteiger partial charge < -0.3 is 9.84 Å². The third-order valence-electron chi connectivity index (χ3n) is 2.04. The monoisotopic (exact) mass is 251 g/mol. The lowest BCUT2D eigenvalue weighted by Crippen LogP contribution is -2.21. The van der Waals surface area contributed by atoms with Crippen LogP contribution in [0.25, 0.3) is 0 Å². The molecule has 1 unspecified atom stereocenters. The molecular formula is C9H8F3NO4. The molecule has 0 saturated carbocycles. The van der Waals surface area contributed by atoms with E-state index in [9.17, 15) is 23.3 Å². The molecule has 0 aromatic heterocycles. The van der Waals surface area contributed by atoms with Gasteiger partial charge in [-0.25, -0.2) is 0 Å². The van der Waals surface area contributed by atoms with Gasteiger partial charge in [0.25, 0.3) is 5.69 Å². The molecule has 0 fully saturated rings. The van der Waals surface area contributed by atoms with E-state index in [1.807, 2.05) is 0 Å². The van der Waals surface area contributed by atoms with Crippen LogP contribution in [-0.2, 0) is 0 Å². The molecule has 0 aliphatic carbocycles. The molecule has 94 valence electrons. The van der Waals surface area contributed by atoms with Crippen LogP contribution in [0.15, 0.2) is 18.2 Å². The van der Waals surface area contributed by atoms with Gasteiger partial charge in [0.2, 0.25) is 0 Å². The molecule has 0 bridgehead atoms. The van der Waals surface area contributed by atoms with Crippen LogP contribution in [0.3, 0.4) is 0 Å². The molecule has 17 heavy (non-hydrogen) atoms. The topological polar surface area (TPSA) is 72.6 Å². The molecule has 1 N–H and O–H groups in total. The van der Waals surface area contributed by atoms with E-state index in [1.165, 1.54) is 7.11 Å². The summed E-state index contributed by atoms with van der Waals surface area (Å²) in [4.78, 5) is 9.59. The Morgan fingerprint density at radius 3 is 2.47 bits per heavy atom. The zero-order chi connectivity index (χ0) is 13.2. The van der Waals surface area contributed by atoms with Gasteiger partial charge in [0.1, 0.15) is 5.75 Å². The average Bonchev–Trinajstić information content (AvgIpc) is 2.25. The van der Waals surface area contributed by atoms with Gasteiger partial charge in [0.15, 0.2) is 6.10 Å². The number of nitro groups is 1. The number of halogens is 3. The molecule has 0 spiro atoms. The predicted octanol–water partition coefficient (Wildman–Crippen LogP) is 2.20. The van der Waals surface area contributed by atoms with Crippen molar-refractivity contribution in [1.82, 2.24) is 0 Å². The van der Waals surface area contributed by atoms with Crippen LogP contribution in [0.4, 0.5) is 18.9 Å². The van der Waals surface area contributed by atoms with Crippen molar-refractivity contribution in [3.8, 4) is 5.75 Å². The Kier molecular flexibility index (Phi) is 3.56. The van der Waals surface area contributed by atoms with Crippen LogP contribution in [-0.4, -0.2) is 23.3 Å². The summed E-state index contributed by atoms with van der Waals surface area (Å²) in [7, 11) is 1.22. The number of methoxy groups -OCH3 is 1. The van der Waals surface area contributed by atoms with E-state index >= 15 is 0 Å². The SMILES string of the molecule is COc1ccc(C(O)C(F)(F)F)c([N+](=O)[O-])c1. The van der Waals surface area contributed by atoms with E-state index in [0.29, 0.717) is 0 Å². The minimum atomic E-state index is -4.96. The molecular weight excluding hydrogens is 243 g/mol. The van der Waals surface area contributed by atoms with Gasteiger partial charge >= 0.3 is 6.18 Å². The summed E-state index contributed by atoms with van der Waals surface area (Å²) in [5, 5.41) is 19.6. The minimum absolute atomic E-state index is 0.0369. The fourth-order valence-corrected chi connectivity index (χ4v) is 1.22. The standard InChI is InChI=1S/C9H8F3NO4/c1-17-5-2-3-6(7(4-5)13(15)16)8(14)9(10,11)12/h2-4,8,14H,1H3. The number of rotatable bonds is 3. The molecule has 1 aromatic carbocycles. The molecule has 1 atom stereocenters. The summed E-state index contributed by atoms with van der Waals surface area (Å²) in [6.07, 6.45) is -7.85. The summed E-state index contributed by atoms with van der Waals surface area (Å²) >= 11 is 0. The van der Waals surface area contributed by atoms with Crippen molar-refractivity contribution in [3.05, 3.63) is 33.9 Å². The molecule has 1 rings (SSSR count). The van der Waals surface area contributed by atoms with E-state index in [-0.39, 0.29) is 5.75 Å². The van der Waals surface area contributed by atoms with E-state index in [4.69, 9.17) is 5.11 Å². The van der Waals surface area contributed by atoms with Gasteiger partial charge in [-0.15, -0.1) is 0 Å². The Balaban J connectivity index is 3.29. The number of aliphatic hydroxyl groups excluding tert-OH is 1. The highest BCUT2D eigenvalue weighted by Gasteiger charge is 2.42. The highest BCUT2D eigenvalue weighted by atomic mass is 19.4. The summed E-state index contributed by atoms with van der Waals surface area (Å²) in [6.45, 7) is 0. The first-order valence-corrected chi connectivity index (χ1v) is 4.34.